The van der Waals surface area contributed by atoms with Crippen LogP contribution in [-0.4, -0.2) is 39.3 Å². The Labute approximate surface area is 172 Å². The van der Waals surface area contributed by atoms with Gasteiger partial charge in [0.25, 0.3) is 11.1 Å². The minimum absolute atomic E-state index is 0.227. The van der Waals surface area contributed by atoms with E-state index < -0.39 is 0 Å². The quantitative estimate of drug-likeness (QED) is 0.660. The summed E-state index contributed by atoms with van der Waals surface area (Å²) in [5, 5.41) is 11.6. The van der Waals surface area contributed by atoms with Crippen molar-refractivity contribution in [1.82, 2.24) is 20.2 Å². The second-order valence-corrected chi connectivity index (χ2v) is 7.87. The van der Waals surface area contributed by atoms with Crippen LogP contribution >= 0.6 is 11.3 Å². The van der Waals surface area contributed by atoms with Crippen LogP contribution in [0.5, 0.6) is 10.9 Å². The van der Waals surface area contributed by atoms with Gasteiger partial charge < -0.3 is 9.47 Å². The van der Waals surface area contributed by atoms with E-state index in [-0.39, 0.29) is 12.0 Å². The van der Waals surface area contributed by atoms with Crippen LogP contribution in [0, 0.1) is 20.8 Å². The Balaban J connectivity index is 1.69. The average Bonchev–Trinajstić information content (AvgIpc) is 3.41. The number of carbonyl (C=O) groups excluding carboxylic acids is 1. The van der Waals surface area contributed by atoms with E-state index >= 15 is 0 Å². The fraction of sp³-hybridized carbons (Fsp3) is 0.350. The summed E-state index contributed by atoms with van der Waals surface area (Å²) >= 11 is 1.21. The van der Waals surface area contributed by atoms with Crippen LogP contribution in [0.15, 0.2) is 18.5 Å². The predicted octanol–water partition coefficient (Wildman–Crippen LogP) is 3.72. The molecule has 0 spiro atoms. The van der Waals surface area contributed by atoms with Crippen LogP contribution in [0.3, 0.4) is 0 Å². The van der Waals surface area contributed by atoms with E-state index in [9.17, 15) is 4.79 Å². The monoisotopic (exact) mass is 411 g/mol. The molecule has 0 radical (unpaired) electrons. The summed E-state index contributed by atoms with van der Waals surface area (Å²) in [5.74, 6) is 0.279. The van der Waals surface area contributed by atoms with E-state index in [0.29, 0.717) is 21.6 Å². The zero-order chi connectivity index (χ0) is 20.5. The lowest BCUT2D eigenvalue weighted by molar-refractivity contribution is 0.102. The van der Waals surface area contributed by atoms with Crippen molar-refractivity contribution < 1.29 is 14.3 Å². The van der Waals surface area contributed by atoms with Crippen molar-refractivity contribution in [2.75, 3.05) is 12.4 Å². The summed E-state index contributed by atoms with van der Waals surface area (Å²) in [6.07, 6.45) is 5.53. The minimum atomic E-state index is -0.322. The van der Waals surface area contributed by atoms with E-state index in [1.165, 1.54) is 11.3 Å². The molecule has 1 amide bonds. The highest BCUT2D eigenvalue weighted by Gasteiger charge is 2.26. The maximum Gasteiger partial charge on any atom is 0.296 e. The van der Waals surface area contributed by atoms with Crippen molar-refractivity contribution in [2.24, 2.45) is 0 Å². The summed E-state index contributed by atoms with van der Waals surface area (Å²) < 4.78 is 11.1. The number of nitrogens with one attached hydrogen (secondary N) is 1. The molecule has 4 rings (SSSR count). The van der Waals surface area contributed by atoms with Gasteiger partial charge in [-0.15, -0.1) is 5.10 Å². The van der Waals surface area contributed by atoms with Crippen molar-refractivity contribution >= 4 is 22.4 Å². The summed E-state index contributed by atoms with van der Waals surface area (Å²) in [7, 11) is 1.59. The van der Waals surface area contributed by atoms with Crippen molar-refractivity contribution in [2.45, 2.75) is 39.7 Å². The Hall–Kier alpha value is -3.07. The number of aromatic nitrogens is 4. The SMILES string of the molecule is COc1cnc(C)c(C)c1-c1cc(C)ncc1C(=O)Nc1nnc(OC2CC2)s1. The Morgan fingerprint density at radius 2 is 1.97 bits per heavy atom. The molecule has 3 aromatic heterocycles. The molecule has 3 heterocycles. The van der Waals surface area contributed by atoms with E-state index in [1.54, 1.807) is 19.5 Å². The molecule has 1 saturated carbocycles. The van der Waals surface area contributed by atoms with Gasteiger partial charge in [-0.2, -0.15) is 0 Å². The highest BCUT2D eigenvalue weighted by Crippen LogP contribution is 2.36. The van der Waals surface area contributed by atoms with Gasteiger partial charge in [0.2, 0.25) is 5.13 Å². The first-order valence-electron chi connectivity index (χ1n) is 9.25. The molecule has 0 atom stereocenters. The smallest absolute Gasteiger partial charge is 0.296 e. The average molecular weight is 411 g/mol. The number of anilines is 1. The van der Waals surface area contributed by atoms with Crippen molar-refractivity contribution in [3.63, 3.8) is 0 Å². The molecule has 0 unspecified atom stereocenters. The molecule has 9 heteroatoms. The molecule has 1 fully saturated rings. The molecule has 29 heavy (non-hydrogen) atoms. The zero-order valence-corrected chi connectivity index (χ0v) is 17.5. The van der Waals surface area contributed by atoms with Gasteiger partial charge in [-0.3, -0.25) is 20.1 Å². The van der Waals surface area contributed by atoms with Crippen LogP contribution in [0.1, 0.15) is 40.2 Å². The summed E-state index contributed by atoms with van der Waals surface area (Å²) in [6.45, 7) is 5.77. The van der Waals surface area contributed by atoms with Crippen molar-refractivity contribution in [3.8, 4) is 22.1 Å². The predicted molar refractivity (Wildman–Crippen MR) is 110 cm³/mol. The number of hydrogen-bond donors (Lipinski definition) is 1. The number of ether oxygens (including phenoxy) is 2. The third-order valence-electron chi connectivity index (χ3n) is 4.73. The van der Waals surface area contributed by atoms with Crippen molar-refractivity contribution in [1.29, 1.82) is 0 Å². The lowest BCUT2D eigenvalue weighted by Gasteiger charge is -2.16. The molecule has 0 aromatic carbocycles. The molecular weight excluding hydrogens is 390 g/mol. The molecule has 150 valence electrons. The van der Waals surface area contributed by atoms with Gasteiger partial charge in [-0.1, -0.05) is 5.10 Å². The van der Waals surface area contributed by atoms with Gasteiger partial charge in [0, 0.05) is 28.7 Å². The lowest BCUT2D eigenvalue weighted by atomic mass is 9.95. The first kappa shape index (κ1) is 19.3. The highest BCUT2D eigenvalue weighted by atomic mass is 32.1. The number of methoxy groups -OCH3 is 1. The highest BCUT2D eigenvalue weighted by molar-refractivity contribution is 7.17. The maximum absolute atomic E-state index is 13.0. The molecule has 1 aliphatic carbocycles. The lowest BCUT2D eigenvalue weighted by Crippen LogP contribution is -2.14. The molecule has 0 saturated heterocycles. The van der Waals surface area contributed by atoms with E-state index in [2.05, 4.69) is 25.5 Å². The number of amides is 1. The molecular formula is C20H21N5O3S. The number of aryl methyl sites for hydroxylation is 2. The molecule has 1 N–H and O–H groups in total. The van der Waals surface area contributed by atoms with Gasteiger partial charge in [-0.25, -0.2) is 0 Å². The van der Waals surface area contributed by atoms with Crippen LogP contribution in [0.4, 0.5) is 5.13 Å². The largest absolute Gasteiger partial charge is 0.494 e. The molecule has 1 aliphatic rings. The Kier molecular flexibility index (Phi) is 5.14. The number of nitrogens with zero attached hydrogens (tertiary/aromatic N) is 4. The number of hydrogen-bond acceptors (Lipinski definition) is 8. The van der Waals surface area contributed by atoms with Gasteiger partial charge >= 0.3 is 0 Å². The third kappa shape index (κ3) is 4.04. The molecule has 0 bridgehead atoms. The molecule has 3 aromatic rings. The zero-order valence-electron chi connectivity index (χ0n) is 16.6. The Morgan fingerprint density at radius 3 is 2.69 bits per heavy atom. The molecule has 0 aliphatic heterocycles. The van der Waals surface area contributed by atoms with E-state index in [1.807, 2.05) is 26.8 Å². The normalized spacial score (nSPS) is 13.2. The second kappa shape index (κ2) is 7.75. The third-order valence-corrected chi connectivity index (χ3v) is 5.46. The van der Waals surface area contributed by atoms with Gasteiger partial charge in [-0.05, 0) is 56.6 Å². The number of carbonyl (C=O) groups is 1. The Bertz CT molecular complexity index is 1080. The van der Waals surface area contributed by atoms with Crippen LogP contribution < -0.4 is 14.8 Å². The number of pyridine rings is 2. The maximum atomic E-state index is 13.0. The van der Waals surface area contributed by atoms with Crippen molar-refractivity contribution in [3.05, 3.63) is 41.0 Å². The van der Waals surface area contributed by atoms with Crippen LogP contribution in [-0.2, 0) is 0 Å². The topological polar surface area (TPSA) is 99.1 Å². The number of rotatable bonds is 6. The van der Waals surface area contributed by atoms with E-state index in [0.717, 1.165) is 40.9 Å². The first-order valence-corrected chi connectivity index (χ1v) is 10.1. The van der Waals surface area contributed by atoms with Gasteiger partial charge in [0.1, 0.15) is 11.9 Å². The summed E-state index contributed by atoms with van der Waals surface area (Å²) in [4.78, 5) is 21.7. The molecule has 8 nitrogen and oxygen atoms in total. The van der Waals surface area contributed by atoms with Gasteiger partial charge in [0.15, 0.2) is 0 Å². The van der Waals surface area contributed by atoms with E-state index in [4.69, 9.17) is 9.47 Å². The second-order valence-electron chi connectivity index (χ2n) is 6.93. The first-order chi connectivity index (χ1) is 14.0. The Morgan fingerprint density at radius 1 is 1.17 bits per heavy atom. The summed E-state index contributed by atoms with van der Waals surface area (Å²) in [6, 6.07) is 1.88. The minimum Gasteiger partial charge on any atom is -0.494 e. The standard InChI is InChI=1S/C20H21N5O3S/c1-10-7-14(17-11(2)12(3)22-9-16(17)27-4)15(8-21-10)18(26)23-19-24-25-20(29-19)28-13-5-6-13/h7-9,13H,5-6H2,1-4H3,(H,23,24,26). The summed E-state index contributed by atoms with van der Waals surface area (Å²) in [5.41, 5.74) is 4.58. The van der Waals surface area contributed by atoms with Gasteiger partial charge in [0.05, 0.1) is 18.9 Å². The van der Waals surface area contributed by atoms with Crippen LogP contribution in [0.25, 0.3) is 11.1 Å². The fourth-order valence-electron chi connectivity index (χ4n) is 2.92. The fourth-order valence-corrected chi connectivity index (χ4v) is 3.58. The van der Waals surface area contributed by atoms with Crippen LogP contribution in [0.2, 0.25) is 0 Å².